The summed E-state index contributed by atoms with van der Waals surface area (Å²) in [7, 11) is 0. The molecule has 1 N–H and O–H groups in total. The Morgan fingerprint density at radius 3 is 2.52 bits per heavy atom. The summed E-state index contributed by atoms with van der Waals surface area (Å²) in [5.41, 5.74) is 4.47. The first-order chi connectivity index (χ1) is 14.1. The number of aromatic carboxylic acids is 1. The van der Waals surface area contributed by atoms with E-state index in [0.717, 1.165) is 41.8 Å². The fourth-order valence-corrected chi connectivity index (χ4v) is 6.17. The second-order valence-electron chi connectivity index (χ2n) is 8.73. The number of hydrogen-bond acceptors (Lipinski definition) is 2. The van der Waals surface area contributed by atoms with Crippen LogP contribution >= 0.6 is 0 Å². The molecular formula is C25H22FNO2. The molecule has 146 valence electrons. The number of carboxylic acid groups (broad SMARTS) is 1. The van der Waals surface area contributed by atoms with Crippen LogP contribution in [0.15, 0.2) is 60.7 Å². The van der Waals surface area contributed by atoms with Gasteiger partial charge in [-0.15, -0.1) is 0 Å². The van der Waals surface area contributed by atoms with Gasteiger partial charge in [-0.3, -0.25) is 0 Å². The molecule has 4 heteroatoms. The minimum absolute atomic E-state index is 0.0281. The minimum atomic E-state index is -0.880. The Bertz CT molecular complexity index is 1070. The Morgan fingerprint density at radius 1 is 1.00 bits per heavy atom. The van der Waals surface area contributed by atoms with E-state index in [9.17, 15) is 14.3 Å². The van der Waals surface area contributed by atoms with Crippen molar-refractivity contribution >= 4 is 11.7 Å². The smallest absolute Gasteiger partial charge is 0.335 e. The van der Waals surface area contributed by atoms with E-state index in [1.165, 1.54) is 0 Å². The number of rotatable bonds is 2. The zero-order valence-corrected chi connectivity index (χ0v) is 16.0. The van der Waals surface area contributed by atoms with Gasteiger partial charge in [-0.1, -0.05) is 42.5 Å². The second kappa shape index (κ2) is 6.06. The summed E-state index contributed by atoms with van der Waals surface area (Å²) in [6.45, 7) is 0.881. The number of carboxylic acids is 1. The van der Waals surface area contributed by atoms with Crippen molar-refractivity contribution in [3.63, 3.8) is 0 Å². The van der Waals surface area contributed by atoms with E-state index in [2.05, 4.69) is 29.2 Å². The van der Waals surface area contributed by atoms with Gasteiger partial charge in [-0.05, 0) is 54.0 Å². The zero-order chi connectivity index (χ0) is 19.7. The van der Waals surface area contributed by atoms with E-state index in [1.54, 1.807) is 12.1 Å². The molecule has 3 nitrogen and oxygen atoms in total. The maximum atomic E-state index is 14.9. The van der Waals surface area contributed by atoms with Gasteiger partial charge in [0.05, 0.1) is 11.6 Å². The van der Waals surface area contributed by atoms with Gasteiger partial charge in [-0.2, -0.15) is 0 Å². The summed E-state index contributed by atoms with van der Waals surface area (Å²) in [6, 6.07) is 10.8. The fraction of sp³-hybridized carbons (Fsp3) is 0.320. The van der Waals surface area contributed by atoms with Crippen molar-refractivity contribution in [3.8, 4) is 0 Å². The molecule has 2 aliphatic heterocycles. The number of allylic oxidation sites excluding steroid dienone is 4. The third kappa shape index (κ3) is 2.32. The van der Waals surface area contributed by atoms with Crippen molar-refractivity contribution in [2.24, 2.45) is 11.8 Å². The van der Waals surface area contributed by atoms with Gasteiger partial charge in [0.25, 0.3) is 0 Å². The SMILES string of the molecule is O=C(O)c1cc2c3c(c1)[C@H]1C=CC[C@@H]1[C@@H](c1ccccc1F)N3C[C@H]1CC=C[C@H]21. The van der Waals surface area contributed by atoms with E-state index in [-0.39, 0.29) is 29.6 Å². The molecule has 4 aliphatic rings. The minimum Gasteiger partial charge on any atom is -0.478 e. The van der Waals surface area contributed by atoms with Crippen molar-refractivity contribution in [2.75, 3.05) is 11.4 Å². The van der Waals surface area contributed by atoms with E-state index in [0.29, 0.717) is 11.5 Å². The maximum absolute atomic E-state index is 14.9. The van der Waals surface area contributed by atoms with Crippen LogP contribution in [0.3, 0.4) is 0 Å². The molecule has 0 radical (unpaired) electrons. The molecule has 2 aliphatic carbocycles. The van der Waals surface area contributed by atoms with Crippen molar-refractivity contribution in [3.05, 3.63) is 88.8 Å². The predicted octanol–water partition coefficient (Wildman–Crippen LogP) is 5.42. The van der Waals surface area contributed by atoms with Crippen LogP contribution in [-0.2, 0) is 0 Å². The van der Waals surface area contributed by atoms with Gasteiger partial charge >= 0.3 is 5.97 Å². The summed E-state index contributed by atoms with van der Waals surface area (Å²) in [5, 5.41) is 9.74. The van der Waals surface area contributed by atoms with Crippen LogP contribution in [0.4, 0.5) is 10.1 Å². The number of benzene rings is 2. The average molecular weight is 387 g/mol. The van der Waals surface area contributed by atoms with Gasteiger partial charge in [0, 0.05) is 29.6 Å². The Labute approximate surface area is 169 Å². The first kappa shape index (κ1) is 17.0. The van der Waals surface area contributed by atoms with Crippen LogP contribution in [0.5, 0.6) is 0 Å². The molecule has 2 aromatic carbocycles. The largest absolute Gasteiger partial charge is 0.478 e. The lowest BCUT2D eigenvalue weighted by atomic mass is 9.70. The maximum Gasteiger partial charge on any atom is 0.335 e. The lowest BCUT2D eigenvalue weighted by molar-refractivity contribution is 0.0696. The molecule has 0 saturated carbocycles. The van der Waals surface area contributed by atoms with Crippen molar-refractivity contribution in [1.29, 1.82) is 0 Å². The quantitative estimate of drug-likeness (QED) is 0.700. The Morgan fingerprint density at radius 2 is 1.72 bits per heavy atom. The summed E-state index contributed by atoms with van der Waals surface area (Å²) in [4.78, 5) is 14.3. The first-order valence-corrected chi connectivity index (χ1v) is 10.4. The summed E-state index contributed by atoms with van der Waals surface area (Å²) in [5.74, 6) is -0.00781. The van der Waals surface area contributed by atoms with Crippen molar-refractivity contribution in [1.82, 2.24) is 0 Å². The highest BCUT2D eigenvalue weighted by Gasteiger charge is 2.48. The molecule has 0 fully saturated rings. The second-order valence-corrected chi connectivity index (χ2v) is 8.73. The van der Waals surface area contributed by atoms with Crippen LogP contribution in [-0.4, -0.2) is 17.6 Å². The summed E-state index contributed by atoms with van der Waals surface area (Å²) in [6.07, 6.45) is 10.7. The van der Waals surface area contributed by atoms with E-state index >= 15 is 0 Å². The number of halogens is 1. The molecule has 0 saturated heterocycles. The highest BCUT2D eigenvalue weighted by Crippen LogP contribution is 2.59. The molecule has 2 aromatic rings. The molecule has 0 spiro atoms. The molecule has 0 amide bonds. The standard InChI is InChI=1S/C25H22FNO2/c26-22-10-2-1-6-19(22)23-18-9-4-8-17(18)21-12-15(25(28)29)11-20-16-7-3-5-14(16)13-27(23)24(20)21/h1-4,6-8,10-12,14,16-18,23H,5,9,13H2,(H,28,29)/t14-,16+,17+,18+,23+/m1/s1. The molecule has 29 heavy (non-hydrogen) atoms. The van der Waals surface area contributed by atoms with E-state index < -0.39 is 5.97 Å². The number of anilines is 1. The van der Waals surface area contributed by atoms with Crippen molar-refractivity contribution < 1.29 is 14.3 Å². The Hall–Kier alpha value is -2.88. The van der Waals surface area contributed by atoms with Gasteiger partial charge in [0.2, 0.25) is 0 Å². The Kier molecular flexibility index (Phi) is 3.55. The predicted molar refractivity (Wildman–Crippen MR) is 110 cm³/mol. The lowest BCUT2D eigenvalue weighted by Crippen LogP contribution is -2.46. The number of carbonyl (C=O) groups is 1. The van der Waals surface area contributed by atoms with Crippen LogP contribution in [0, 0.1) is 17.7 Å². The third-order valence-electron chi connectivity index (χ3n) is 7.32. The van der Waals surface area contributed by atoms with E-state index in [1.807, 2.05) is 24.3 Å². The third-order valence-corrected chi connectivity index (χ3v) is 7.32. The van der Waals surface area contributed by atoms with Gasteiger partial charge in [-0.25, -0.2) is 9.18 Å². The normalized spacial score (nSPS) is 30.8. The van der Waals surface area contributed by atoms with Crippen LogP contribution in [0.1, 0.15) is 57.8 Å². The highest BCUT2D eigenvalue weighted by molar-refractivity contribution is 5.90. The molecular weight excluding hydrogens is 365 g/mol. The average Bonchev–Trinajstić information content (AvgIpc) is 3.38. The fourth-order valence-electron chi connectivity index (χ4n) is 6.17. The van der Waals surface area contributed by atoms with Gasteiger partial charge in [0.15, 0.2) is 0 Å². The topological polar surface area (TPSA) is 40.5 Å². The first-order valence-electron chi connectivity index (χ1n) is 10.4. The number of hydrogen-bond donors (Lipinski definition) is 1. The molecule has 6 rings (SSSR count). The Balaban J connectivity index is 1.62. The molecule has 0 unspecified atom stereocenters. The lowest BCUT2D eigenvalue weighted by Gasteiger charge is -2.51. The van der Waals surface area contributed by atoms with Crippen LogP contribution in [0.25, 0.3) is 0 Å². The highest BCUT2D eigenvalue weighted by atomic mass is 19.1. The number of fused-ring (bicyclic) bond motifs is 4. The molecule has 5 atom stereocenters. The van der Waals surface area contributed by atoms with E-state index in [4.69, 9.17) is 0 Å². The summed E-state index contributed by atoms with van der Waals surface area (Å²) >= 11 is 0. The molecule has 2 heterocycles. The molecule has 0 aromatic heterocycles. The van der Waals surface area contributed by atoms with Gasteiger partial charge < -0.3 is 10.0 Å². The van der Waals surface area contributed by atoms with Crippen LogP contribution in [0.2, 0.25) is 0 Å². The van der Waals surface area contributed by atoms with Gasteiger partial charge in [0.1, 0.15) is 5.82 Å². The zero-order valence-electron chi connectivity index (χ0n) is 16.0. The summed E-state index contributed by atoms with van der Waals surface area (Å²) < 4.78 is 14.9. The molecule has 0 bridgehead atoms. The number of nitrogens with zero attached hydrogens (tertiary/aromatic N) is 1. The van der Waals surface area contributed by atoms with Crippen molar-refractivity contribution in [2.45, 2.75) is 30.7 Å². The van der Waals surface area contributed by atoms with Crippen LogP contribution < -0.4 is 4.90 Å². The monoisotopic (exact) mass is 387 g/mol.